The molecular formula is C20H19N3O6. The van der Waals surface area contributed by atoms with Gasteiger partial charge in [-0.15, -0.1) is 0 Å². The molecule has 150 valence electrons. The van der Waals surface area contributed by atoms with E-state index >= 15 is 0 Å². The first-order chi connectivity index (χ1) is 13.9. The molecule has 9 heteroatoms. The van der Waals surface area contributed by atoms with E-state index in [0.29, 0.717) is 17.0 Å². The second-order valence-corrected chi connectivity index (χ2v) is 6.21. The minimum atomic E-state index is -1.04. The Balaban J connectivity index is 1.50. The van der Waals surface area contributed by atoms with Gasteiger partial charge >= 0.3 is 5.97 Å². The third-order valence-electron chi connectivity index (χ3n) is 3.99. The summed E-state index contributed by atoms with van der Waals surface area (Å²) in [6.45, 7) is 2.86. The van der Waals surface area contributed by atoms with Crippen molar-refractivity contribution in [2.24, 2.45) is 0 Å². The highest BCUT2D eigenvalue weighted by atomic mass is 16.5. The zero-order valence-electron chi connectivity index (χ0n) is 15.9. The highest BCUT2D eigenvalue weighted by Gasteiger charge is 2.20. The van der Waals surface area contributed by atoms with E-state index in [4.69, 9.17) is 13.7 Å². The van der Waals surface area contributed by atoms with Crippen LogP contribution in [0.4, 0.5) is 5.69 Å². The van der Waals surface area contributed by atoms with Gasteiger partial charge in [-0.1, -0.05) is 17.3 Å². The molecule has 0 bridgehead atoms. The Hall–Kier alpha value is -3.75. The summed E-state index contributed by atoms with van der Waals surface area (Å²) in [6, 6.07) is 9.99. The molecule has 0 aliphatic rings. The quantitative estimate of drug-likeness (QED) is 0.454. The van der Waals surface area contributed by atoms with Crippen LogP contribution >= 0.6 is 0 Å². The van der Waals surface area contributed by atoms with E-state index in [1.54, 1.807) is 36.4 Å². The summed E-state index contributed by atoms with van der Waals surface area (Å²) in [5, 5.41) is 6.37. The molecule has 1 unspecified atom stereocenters. The number of carbonyl (C=O) groups is 3. The van der Waals surface area contributed by atoms with Crippen molar-refractivity contribution in [2.75, 3.05) is 5.32 Å². The number of rotatable bonds is 8. The molecular weight excluding hydrogens is 378 g/mol. The first kappa shape index (κ1) is 20.0. The van der Waals surface area contributed by atoms with Gasteiger partial charge in [-0.2, -0.15) is 4.98 Å². The highest BCUT2D eigenvalue weighted by molar-refractivity contribution is 6.04. The summed E-state index contributed by atoms with van der Waals surface area (Å²) in [6.07, 6.45) is 0.573. The van der Waals surface area contributed by atoms with Gasteiger partial charge in [0.15, 0.2) is 17.6 Å². The second-order valence-electron chi connectivity index (χ2n) is 6.21. The van der Waals surface area contributed by atoms with E-state index in [0.717, 1.165) is 0 Å². The fraction of sp³-hybridized carbons (Fsp3) is 0.250. The lowest BCUT2D eigenvalue weighted by Gasteiger charge is -2.14. The maximum atomic E-state index is 12.3. The summed E-state index contributed by atoms with van der Waals surface area (Å²) in [7, 11) is 0. The number of aryl methyl sites for hydroxylation is 1. The zero-order valence-corrected chi connectivity index (χ0v) is 15.9. The van der Waals surface area contributed by atoms with Crippen LogP contribution < -0.4 is 5.32 Å². The van der Waals surface area contributed by atoms with E-state index in [2.05, 4.69) is 15.5 Å². The van der Waals surface area contributed by atoms with Crippen LogP contribution in [0, 0.1) is 0 Å². The lowest BCUT2D eigenvalue weighted by Crippen LogP contribution is -2.30. The van der Waals surface area contributed by atoms with Crippen LogP contribution in [0.5, 0.6) is 0 Å². The smallest absolute Gasteiger partial charge is 0.307 e. The number of ether oxygens (including phenoxy) is 1. The largest absolute Gasteiger partial charge is 0.461 e. The number of nitrogens with one attached hydrogen (secondary N) is 1. The van der Waals surface area contributed by atoms with E-state index in [-0.39, 0.29) is 30.3 Å². The Labute approximate surface area is 166 Å². The van der Waals surface area contributed by atoms with Gasteiger partial charge in [-0.25, -0.2) is 0 Å². The molecule has 1 aromatic carbocycles. The van der Waals surface area contributed by atoms with Crippen molar-refractivity contribution in [2.45, 2.75) is 32.8 Å². The average molecular weight is 397 g/mol. The number of para-hydroxylation sites is 1. The number of ketones is 1. The standard InChI is InChI=1S/C20H19N3O6/c1-12(24)14-6-3-4-7-15(14)21-20(26)13(2)28-18(25)10-9-17-22-19(23-29-17)16-8-5-11-27-16/h3-8,11,13H,9-10H2,1-2H3,(H,21,26). The van der Waals surface area contributed by atoms with Crippen molar-refractivity contribution in [3.05, 3.63) is 54.1 Å². The number of Topliss-reactive ketones (excluding diaryl/α,β-unsaturated/α-hetero) is 1. The van der Waals surface area contributed by atoms with Crippen LogP contribution in [0.1, 0.15) is 36.5 Å². The fourth-order valence-electron chi connectivity index (χ4n) is 2.51. The Morgan fingerprint density at radius 3 is 2.69 bits per heavy atom. The Bertz CT molecular complexity index is 1010. The van der Waals surface area contributed by atoms with Crippen molar-refractivity contribution in [1.29, 1.82) is 0 Å². The van der Waals surface area contributed by atoms with Crippen molar-refractivity contribution < 1.29 is 28.1 Å². The normalized spacial score (nSPS) is 11.7. The summed E-state index contributed by atoms with van der Waals surface area (Å²) >= 11 is 0. The van der Waals surface area contributed by atoms with Crippen LogP contribution in [0.3, 0.4) is 0 Å². The predicted octanol–water partition coefficient (Wildman–Crippen LogP) is 3.04. The van der Waals surface area contributed by atoms with E-state index < -0.39 is 18.0 Å². The van der Waals surface area contributed by atoms with Crippen molar-refractivity contribution in [1.82, 2.24) is 10.1 Å². The minimum absolute atomic E-state index is 0.0402. The van der Waals surface area contributed by atoms with Gasteiger partial charge in [0, 0.05) is 12.0 Å². The summed E-state index contributed by atoms with van der Waals surface area (Å²) in [5.74, 6) is -0.316. The van der Waals surface area contributed by atoms with Gasteiger partial charge in [0.25, 0.3) is 5.91 Å². The van der Waals surface area contributed by atoms with Gasteiger partial charge in [-0.3, -0.25) is 14.4 Å². The zero-order chi connectivity index (χ0) is 20.8. The summed E-state index contributed by atoms with van der Waals surface area (Å²) in [5.41, 5.74) is 0.743. The van der Waals surface area contributed by atoms with Crippen LogP contribution in [0.25, 0.3) is 11.6 Å². The van der Waals surface area contributed by atoms with Crippen LogP contribution in [0.15, 0.2) is 51.6 Å². The maximum Gasteiger partial charge on any atom is 0.307 e. The van der Waals surface area contributed by atoms with Crippen LogP contribution in [0.2, 0.25) is 0 Å². The van der Waals surface area contributed by atoms with E-state index in [1.807, 2.05) is 0 Å². The van der Waals surface area contributed by atoms with Gasteiger partial charge in [0.1, 0.15) is 0 Å². The number of anilines is 1. The number of hydrogen-bond acceptors (Lipinski definition) is 8. The van der Waals surface area contributed by atoms with Crippen molar-refractivity contribution in [3.63, 3.8) is 0 Å². The Morgan fingerprint density at radius 2 is 1.97 bits per heavy atom. The Morgan fingerprint density at radius 1 is 1.17 bits per heavy atom. The Kier molecular flexibility index (Phi) is 6.18. The first-order valence-corrected chi connectivity index (χ1v) is 8.91. The first-order valence-electron chi connectivity index (χ1n) is 8.91. The van der Waals surface area contributed by atoms with Crippen LogP contribution in [-0.4, -0.2) is 33.9 Å². The SMILES string of the molecule is CC(=O)c1ccccc1NC(=O)C(C)OC(=O)CCc1nc(-c2ccco2)no1. The molecule has 29 heavy (non-hydrogen) atoms. The monoisotopic (exact) mass is 397 g/mol. The molecule has 3 aromatic rings. The average Bonchev–Trinajstić information content (AvgIpc) is 3.38. The molecule has 9 nitrogen and oxygen atoms in total. The number of furan rings is 1. The van der Waals surface area contributed by atoms with Crippen molar-refractivity contribution in [3.8, 4) is 11.6 Å². The second kappa shape index (κ2) is 8.96. The topological polar surface area (TPSA) is 125 Å². The third kappa shape index (κ3) is 5.16. The molecule has 0 spiro atoms. The fourth-order valence-corrected chi connectivity index (χ4v) is 2.51. The molecule has 1 N–H and O–H groups in total. The third-order valence-corrected chi connectivity index (χ3v) is 3.99. The number of esters is 1. The number of benzene rings is 1. The van der Waals surface area contributed by atoms with Gasteiger partial charge in [0.2, 0.25) is 11.7 Å². The van der Waals surface area contributed by atoms with Crippen molar-refractivity contribution >= 4 is 23.3 Å². The van der Waals surface area contributed by atoms with Gasteiger partial charge in [0.05, 0.1) is 18.4 Å². The molecule has 3 rings (SSSR count). The molecule has 2 heterocycles. The molecule has 0 saturated carbocycles. The minimum Gasteiger partial charge on any atom is -0.461 e. The summed E-state index contributed by atoms with van der Waals surface area (Å²) in [4.78, 5) is 40.1. The lowest BCUT2D eigenvalue weighted by atomic mass is 10.1. The molecule has 1 atom stereocenters. The van der Waals surface area contributed by atoms with Gasteiger partial charge in [-0.05, 0) is 38.1 Å². The molecule has 0 saturated heterocycles. The molecule has 2 aromatic heterocycles. The molecule has 0 fully saturated rings. The van der Waals surface area contributed by atoms with Gasteiger partial charge < -0.3 is 19.0 Å². The summed E-state index contributed by atoms with van der Waals surface area (Å²) < 4.78 is 15.4. The number of nitrogens with zero attached hydrogens (tertiary/aromatic N) is 2. The maximum absolute atomic E-state index is 12.3. The number of amides is 1. The highest BCUT2D eigenvalue weighted by Crippen LogP contribution is 2.17. The number of hydrogen-bond donors (Lipinski definition) is 1. The molecule has 0 aliphatic heterocycles. The molecule has 0 aliphatic carbocycles. The molecule has 1 amide bonds. The van der Waals surface area contributed by atoms with E-state index in [9.17, 15) is 14.4 Å². The number of aromatic nitrogens is 2. The predicted molar refractivity (Wildman–Crippen MR) is 101 cm³/mol. The van der Waals surface area contributed by atoms with Crippen LogP contribution in [-0.2, 0) is 20.7 Å². The molecule has 0 radical (unpaired) electrons. The number of carbonyl (C=O) groups excluding carboxylic acids is 3. The van der Waals surface area contributed by atoms with E-state index in [1.165, 1.54) is 20.1 Å². The lowest BCUT2D eigenvalue weighted by molar-refractivity contribution is -0.153.